The molecule has 0 radical (unpaired) electrons. The molecular formula is C17H16BrN5O. The van der Waals surface area contributed by atoms with Gasteiger partial charge in [0.25, 0.3) is 5.91 Å². The van der Waals surface area contributed by atoms with E-state index in [4.69, 9.17) is 5.26 Å². The first-order valence-electron chi connectivity index (χ1n) is 7.62. The fourth-order valence-electron chi connectivity index (χ4n) is 2.64. The number of halogens is 1. The molecule has 3 rings (SSSR count). The first-order chi connectivity index (χ1) is 11.6. The summed E-state index contributed by atoms with van der Waals surface area (Å²) in [4.78, 5) is 25.0. The summed E-state index contributed by atoms with van der Waals surface area (Å²) >= 11 is 3.37. The summed E-state index contributed by atoms with van der Waals surface area (Å²) in [6.07, 6.45) is 0. The number of piperazine rings is 1. The highest BCUT2D eigenvalue weighted by Crippen LogP contribution is 2.16. The normalized spacial score (nSPS) is 14.4. The minimum Gasteiger partial charge on any atom is -0.337 e. The van der Waals surface area contributed by atoms with Crippen LogP contribution in [-0.2, 0) is 0 Å². The Balaban J connectivity index is 1.67. The molecule has 1 aliphatic heterocycles. The Kier molecular flexibility index (Phi) is 4.76. The Bertz CT molecular complexity index is 792. The number of hydrogen-bond acceptors (Lipinski definition) is 5. The van der Waals surface area contributed by atoms with Crippen LogP contribution in [0.25, 0.3) is 0 Å². The number of nitriles is 1. The summed E-state index contributed by atoms with van der Waals surface area (Å²) < 4.78 is 0.953. The van der Waals surface area contributed by atoms with E-state index in [2.05, 4.69) is 32.0 Å². The van der Waals surface area contributed by atoms with Gasteiger partial charge in [0.1, 0.15) is 11.8 Å². The zero-order chi connectivity index (χ0) is 17.1. The largest absolute Gasteiger partial charge is 0.337 e. The van der Waals surface area contributed by atoms with Gasteiger partial charge >= 0.3 is 0 Å². The lowest BCUT2D eigenvalue weighted by Crippen LogP contribution is -2.49. The van der Waals surface area contributed by atoms with Crippen LogP contribution in [-0.4, -0.2) is 47.0 Å². The van der Waals surface area contributed by atoms with Crippen LogP contribution in [0.3, 0.4) is 0 Å². The number of carbonyl (C=O) groups is 1. The predicted octanol–water partition coefficient (Wildman–Crippen LogP) is 2.38. The second kappa shape index (κ2) is 6.97. The zero-order valence-electron chi connectivity index (χ0n) is 13.2. The molecule has 7 heteroatoms. The van der Waals surface area contributed by atoms with Crippen LogP contribution < -0.4 is 4.90 Å². The van der Waals surface area contributed by atoms with Crippen LogP contribution in [0.4, 0.5) is 5.95 Å². The molecule has 1 aromatic heterocycles. The van der Waals surface area contributed by atoms with Gasteiger partial charge in [-0.15, -0.1) is 0 Å². The summed E-state index contributed by atoms with van der Waals surface area (Å²) in [5, 5.41) is 9.03. The van der Waals surface area contributed by atoms with E-state index in [-0.39, 0.29) is 5.91 Å². The molecule has 1 aliphatic rings. The molecule has 0 unspecified atom stereocenters. The van der Waals surface area contributed by atoms with Crippen LogP contribution in [0.1, 0.15) is 21.7 Å². The minimum atomic E-state index is 0.0324. The van der Waals surface area contributed by atoms with Gasteiger partial charge in [-0.3, -0.25) is 4.79 Å². The van der Waals surface area contributed by atoms with Crippen molar-refractivity contribution in [1.82, 2.24) is 14.9 Å². The highest BCUT2D eigenvalue weighted by Gasteiger charge is 2.23. The van der Waals surface area contributed by atoms with Crippen LogP contribution in [0.5, 0.6) is 0 Å². The summed E-state index contributed by atoms with van der Waals surface area (Å²) in [5.41, 5.74) is 1.82. The standard InChI is InChI=1S/C17H16BrN5O/c1-12-10-15(11-19)21-17(20-12)23-8-6-22(7-9-23)16(24)13-2-4-14(18)5-3-13/h2-5,10H,6-9H2,1H3. The second-order valence-electron chi connectivity index (χ2n) is 5.59. The molecule has 0 saturated carbocycles. The Hall–Kier alpha value is -2.46. The number of nitrogens with zero attached hydrogens (tertiary/aromatic N) is 5. The Morgan fingerprint density at radius 3 is 2.46 bits per heavy atom. The molecule has 2 heterocycles. The lowest BCUT2D eigenvalue weighted by atomic mass is 10.2. The molecule has 1 amide bonds. The summed E-state index contributed by atoms with van der Waals surface area (Å²) in [6, 6.07) is 11.1. The molecule has 0 spiro atoms. The fourth-order valence-corrected chi connectivity index (χ4v) is 2.90. The van der Waals surface area contributed by atoms with Gasteiger partial charge in [0.2, 0.25) is 5.95 Å². The van der Waals surface area contributed by atoms with Crippen molar-refractivity contribution in [2.75, 3.05) is 31.1 Å². The lowest BCUT2D eigenvalue weighted by Gasteiger charge is -2.34. The van der Waals surface area contributed by atoms with Gasteiger partial charge in [-0.2, -0.15) is 5.26 Å². The lowest BCUT2D eigenvalue weighted by molar-refractivity contribution is 0.0746. The van der Waals surface area contributed by atoms with Crippen molar-refractivity contribution in [3.05, 3.63) is 51.8 Å². The molecule has 1 aromatic carbocycles. The van der Waals surface area contributed by atoms with Crippen LogP contribution in [0.2, 0.25) is 0 Å². The van der Waals surface area contributed by atoms with Crippen molar-refractivity contribution in [1.29, 1.82) is 5.26 Å². The second-order valence-corrected chi connectivity index (χ2v) is 6.51. The molecule has 122 valence electrons. The van der Waals surface area contributed by atoms with Crippen LogP contribution >= 0.6 is 15.9 Å². The van der Waals surface area contributed by atoms with Crippen molar-refractivity contribution in [3.8, 4) is 6.07 Å². The van der Waals surface area contributed by atoms with Crippen molar-refractivity contribution in [2.24, 2.45) is 0 Å². The van der Waals surface area contributed by atoms with Crippen molar-refractivity contribution in [3.63, 3.8) is 0 Å². The number of benzene rings is 1. The molecule has 0 N–H and O–H groups in total. The first kappa shape index (κ1) is 16.4. The maximum Gasteiger partial charge on any atom is 0.253 e. The molecule has 1 saturated heterocycles. The molecule has 0 atom stereocenters. The van der Waals surface area contributed by atoms with Gasteiger partial charge < -0.3 is 9.80 Å². The van der Waals surface area contributed by atoms with E-state index < -0.39 is 0 Å². The van der Waals surface area contributed by atoms with E-state index in [1.807, 2.05) is 41.0 Å². The van der Waals surface area contributed by atoms with Gasteiger partial charge in [0, 0.05) is 41.9 Å². The number of aromatic nitrogens is 2. The number of carbonyl (C=O) groups excluding carboxylic acids is 1. The average Bonchev–Trinajstić information content (AvgIpc) is 2.61. The predicted molar refractivity (Wildman–Crippen MR) is 93.7 cm³/mol. The van der Waals surface area contributed by atoms with E-state index in [0.717, 1.165) is 10.2 Å². The third kappa shape index (κ3) is 3.54. The molecule has 0 bridgehead atoms. The number of rotatable bonds is 2. The quantitative estimate of drug-likeness (QED) is 0.793. The molecular weight excluding hydrogens is 370 g/mol. The zero-order valence-corrected chi connectivity index (χ0v) is 14.8. The van der Waals surface area contributed by atoms with Crippen LogP contribution in [0.15, 0.2) is 34.8 Å². The molecule has 24 heavy (non-hydrogen) atoms. The molecule has 2 aromatic rings. The third-order valence-corrected chi connectivity index (χ3v) is 4.43. The number of anilines is 1. The van der Waals surface area contributed by atoms with E-state index in [1.165, 1.54) is 0 Å². The van der Waals surface area contributed by atoms with Gasteiger partial charge in [0.15, 0.2) is 0 Å². The van der Waals surface area contributed by atoms with Crippen molar-refractivity contribution >= 4 is 27.8 Å². The summed E-state index contributed by atoms with van der Waals surface area (Å²) in [5.74, 6) is 0.590. The maximum absolute atomic E-state index is 12.5. The monoisotopic (exact) mass is 385 g/mol. The van der Waals surface area contributed by atoms with Crippen LogP contribution in [0, 0.1) is 18.3 Å². The first-order valence-corrected chi connectivity index (χ1v) is 8.41. The summed E-state index contributed by atoms with van der Waals surface area (Å²) in [6.45, 7) is 4.36. The van der Waals surface area contributed by atoms with Gasteiger partial charge in [-0.05, 0) is 37.3 Å². The molecule has 6 nitrogen and oxygen atoms in total. The summed E-state index contributed by atoms with van der Waals surface area (Å²) in [7, 11) is 0. The maximum atomic E-state index is 12.5. The van der Waals surface area contributed by atoms with Gasteiger partial charge in [0.05, 0.1) is 0 Å². The Morgan fingerprint density at radius 1 is 1.17 bits per heavy atom. The minimum absolute atomic E-state index is 0.0324. The van der Waals surface area contributed by atoms with E-state index in [0.29, 0.717) is 43.4 Å². The van der Waals surface area contributed by atoms with E-state index in [1.54, 1.807) is 6.07 Å². The highest BCUT2D eigenvalue weighted by molar-refractivity contribution is 9.10. The smallest absolute Gasteiger partial charge is 0.253 e. The topological polar surface area (TPSA) is 73.1 Å². The van der Waals surface area contributed by atoms with E-state index >= 15 is 0 Å². The van der Waals surface area contributed by atoms with E-state index in [9.17, 15) is 4.79 Å². The number of hydrogen-bond donors (Lipinski definition) is 0. The SMILES string of the molecule is Cc1cc(C#N)nc(N2CCN(C(=O)c3ccc(Br)cc3)CC2)n1. The fraction of sp³-hybridized carbons (Fsp3) is 0.294. The highest BCUT2D eigenvalue weighted by atomic mass is 79.9. The average molecular weight is 386 g/mol. The molecule has 1 fully saturated rings. The Labute approximate surface area is 148 Å². The number of amides is 1. The Morgan fingerprint density at radius 2 is 1.83 bits per heavy atom. The van der Waals surface area contributed by atoms with Crippen molar-refractivity contribution < 1.29 is 4.79 Å². The number of aryl methyl sites for hydroxylation is 1. The van der Waals surface area contributed by atoms with Gasteiger partial charge in [-0.1, -0.05) is 15.9 Å². The molecule has 0 aliphatic carbocycles. The third-order valence-electron chi connectivity index (χ3n) is 3.90. The van der Waals surface area contributed by atoms with Crippen molar-refractivity contribution in [2.45, 2.75) is 6.92 Å². The van der Waals surface area contributed by atoms with Gasteiger partial charge in [-0.25, -0.2) is 9.97 Å².